The summed E-state index contributed by atoms with van der Waals surface area (Å²) in [5.74, 6) is -1.09. The summed E-state index contributed by atoms with van der Waals surface area (Å²) >= 11 is 1.63. The molecule has 8 heteroatoms. The fourth-order valence-electron chi connectivity index (χ4n) is 5.56. The highest BCUT2D eigenvalue weighted by Gasteiger charge is 2.70. The minimum absolute atomic E-state index is 0.00980. The molecule has 0 aromatic carbocycles. The Labute approximate surface area is 188 Å². The summed E-state index contributed by atoms with van der Waals surface area (Å²) in [7, 11) is 1.78. The summed E-state index contributed by atoms with van der Waals surface area (Å²) in [5.41, 5.74) is 0. The number of carbonyl (C=O) groups is 3. The zero-order valence-corrected chi connectivity index (χ0v) is 19.4. The van der Waals surface area contributed by atoms with Crippen molar-refractivity contribution in [1.29, 1.82) is 0 Å². The highest BCUT2D eigenvalue weighted by atomic mass is 32.2. The molecule has 1 N–H and O–H groups in total. The minimum Gasteiger partial charge on any atom is -0.396 e. The van der Waals surface area contributed by atoms with Crippen molar-refractivity contribution in [2.24, 2.45) is 11.8 Å². The first-order valence-electron chi connectivity index (χ1n) is 11.3. The van der Waals surface area contributed by atoms with E-state index < -0.39 is 22.6 Å². The number of carbonyl (C=O) groups excluding carboxylic acids is 3. The first kappa shape index (κ1) is 22.4. The Balaban J connectivity index is 1.76. The van der Waals surface area contributed by atoms with E-state index in [9.17, 15) is 14.4 Å². The Morgan fingerprint density at radius 2 is 1.87 bits per heavy atom. The number of likely N-dealkylation sites (tertiary alicyclic amines) is 1. The summed E-state index contributed by atoms with van der Waals surface area (Å²) in [6, 6.07) is -0.564. The van der Waals surface area contributed by atoms with Crippen molar-refractivity contribution in [3.8, 4) is 0 Å². The minimum atomic E-state index is -0.720. The van der Waals surface area contributed by atoms with Gasteiger partial charge in [0.15, 0.2) is 0 Å². The zero-order valence-electron chi connectivity index (χ0n) is 18.6. The van der Waals surface area contributed by atoms with Gasteiger partial charge in [0.05, 0.1) is 16.6 Å². The van der Waals surface area contributed by atoms with Crippen LogP contribution in [0, 0.1) is 11.8 Å². The van der Waals surface area contributed by atoms with Gasteiger partial charge >= 0.3 is 0 Å². The molecule has 4 heterocycles. The molecule has 0 aliphatic carbocycles. The molecule has 0 radical (unpaired) electrons. The average Bonchev–Trinajstić information content (AvgIpc) is 3.04. The molecule has 5 atom stereocenters. The maximum Gasteiger partial charge on any atom is 0.247 e. The van der Waals surface area contributed by atoms with Gasteiger partial charge in [-0.2, -0.15) is 0 Å². The number of aliphatic hydroxyl groups excluding tert-OH is 1. The third kappa shape index (κ3) is 3.52. The van der Waals surface area contributed by atoms with Crippen molar-refractivity contribution in [2.75, 3.05) is 33.3 Å². The SMILES string of the molecule is CC(C)N1CC=C[C@]23S[C@H]4C=CCN(C)C(=O)[C@H]4[C@H]2C(=O)N(CCCCCO)C3C1=O. The molecule has 4 aliphatic rings. The molecule has 2 fully saturated rings. The number of amides is 3. The van der Waals surface area contributed by atoms with Crippen LogP contribution in [0.5, 0.6) is 0 Å². The van der Waals surface area contributed by atoms with Gasteiger partial charge in [-0.1, -0.05) is 24.3 Å². The van der Waals surface area contributed by atoms with Gasteiger partial charge in [0.1, 0.15) is 6.04 Å². The predicted octanol–water partition coefficient (Wildman–Crippen LogP) is 1.28. The van der Waals surface area contributed by atoms with Crippen LogP contribution in [0.2, 0.25) is 0 Å². The number of hydrogen-bond donors (Lipinski definition) is 1. The van der Waals surface area contributed by atoms with Crippen LogP contribution >= 0.6 is 11.8 Å². The number of nitrogens with zero attached hydrogens (tertiary/aromatic N) is 3. The molecular weight excluding hydrogens is 414 g/mol. The number of unbranched alkanes of at least 4 members (excludes halogenated alkanes) is 2. The van der Waals surface area contributed by atoms with E-state index in [1.807, 2.05) is 30.9 Å². The molecule has 0 saturated carbocycles. The summed E-state index contributed by atoms with van der Waals surface area (Å²) in [5, 5.41) is 9.01. The first-order valence-corrected chi connectivity index (χ1v) is 12.2. The molecule has 0 aromatic heterocycles. The Hall–Kier alpha value is -1.80. The normalized spacial score (nSPS) is 34.9. The van der Waals surface area contributed by atoms with E-state index in [4.69, 9.17) is 5.11 Å². The first-order chi connectivity index (χ1) is 14.8. The molecule has 1 spiro atoms. The van der Waals surface area contributed by atoms with E-state index in [-0.39, 0.29) is 35.6 Å². The summed E-state index contributed by atoms with van der Waals surface area (Å²) in [6.07, 6.45) is 10.4. The van der Waals surface area contributed by atoms with E-state index in [0.717, 1.165) is 12.8 Å². The lowest BCUT2D eigenvalue weighted by Gasteiger charge is -2.36. The molecule has 4 rings (SSSR count). The van der Waals surface area contributed by atoms with Crippen LogP contribution in [0.3, 0.4) is 0 Å². The molecule has 3 amide bonds. The molecule has 0 aromatic rings. The van der Waals surface area contributed by atoms with Crippen LogP contribution in [-0.2, 0) is 14.4 Å². The van der Waals surface area contributed by atoms with Crippen LogP contribution in [0.1, 0.15) is 33.1 Å². The maximum atomic E-state index is 13.8. The fourth-order valence-corrected chi connectivity index (χ4v) is 7.56. The van der Waals surface area contributed by atoms with Crippen LogP contribution in [0.4, 0.5) is 0 Å². The molecule has 2 saturated heterocycles. The van der Waals surface area contributed by atoms with Crippen molar-refractivity contribution in [3.05, 3.63) is 24.3 Å². The van der Waals surface area contributed by atoms with Gasteiger partial charge in [0.25, 0.3) is 0 Å². The summed E-state index contributed by atoms with van der Waals surface area (Å²) < 4.78 is -0.720. The van der Waals surface area contributed by atoms with Gasteiger partial charge in [-0.25, -0.2) is 0 Å². The fraction of sp³-hybridized carbons (Fsp3) is 0.696. The van der Waals surface area contributed by atoms with Crippen molar-refractivity contribution in [1.82, 2.24) is 14.7 Å². The molecule has 7 nitrogen and oxygen atoms in total. The van der Waals surface area contributed by atoms with Gasteiger partial charge < -0.3 is 19.8 Å². The lowest BCUT2D eigenvalue weighted by Crippen LogP contribution is -2.54. The molecular formula is C23H33N3O4S. The molecule has 1 unspecified atom stereocenters. The molecule has 4 aliphatic heterocycles. The smallest absolute Gasteiger partial charge is 0.247 e. The van der Waals surface area contributed by atoms with Crippen molar-refractivity contribution in [3.63, 3.8) is 0 Å². The zero-order chi connectivity index (χ0) is 22.3. The third-order valence-corrected chi connectivity index (χ3v) is 8.82. The number of hydrogen-bond acceptors (Lipinski definition) is 5. The van der Waals surface area contributed by atoms with E-state index in [2.05, 4.69) is 12.2 Å². The Morgan fingerprint density at radius 3 is 2.58 bits per heavy atom. The van der Waals surface area contributed by atoms with Crippen molar-refractivity contribution in [2.45, 2.75) is 55.2 Å². The third-order valence-electron chi connectivity index (χ3n) is 7.07. The number of fused-ring (bicyclic) bond motifs is 2. The molecule has 0 bridgehead atoms. The monoisotopic (exact) mass is 447 g/mol. The maximum absolute atomic E-state index is 13.8. The van der Waals surface area contributed by atoms with E-state index in [0.29, 0.717) is 26.1 Å². The number of rotatable bonds is 6. The van der Waals surface area contributed by atoms with Gasteiger partial charge in [-0.05, 0) is 33.1 Å². The van der Waals surface area contributed by atoms with Gasteiger partial charge in [0.2, 0.25) is 17.7 Å². The second-order valence-corrected chi connectivity index (χ2v) is 10.8. The van der Waals surface area contributed by atoms with Crippen LogP contribution in [-0.4, -0.2) is 92.9 Å². The summed E-state index contributed by atoms with van der Waals surface area (Å²) in [6.45, 7) is 5.66. The van der Waals surface area contributed by atoms with Crippen LogP contribution < -0.4 is 0 Å². The number of thioether (sulfide) groups is 1. The second kappa shape index (κ2) is 8.62. The number of aliphatic hydroxyl groups is 1. The quantitative estimate of drug-likeness (QED) is 0.490. The number of likely N-dealkylation sites (N-methyl/N-ethyl adjacent to an activating group) is 1. The Morgan fingerprint density at radius 1 is 1.10 bits per heavy atom. The second-order valence-electron chi connectivity index (χ2n) is 9.29. The van der Waals surface area contributed by atoms with Gasteiger partial charge in [-0.3, -0.25) is 14.4 Å². The van der Waals surface area contributed by atoms with Crippen LogP contribution in [0.25, 0.3) is 0 Å². The predicted molar refractivity (Wildman–Crippen MR) is 120 cm³/mol. The molecule has 31 heavy (non-hydrogen) atoms. The highest BCUT2D eigenvalue weighted by Crippen LogP contribution is 2.61. The Kier molecular flexibility index (Phi) is 6.23. The van der Waals surface area contributed by atoms with Gasteiger partial charge in [-0.15, -0.1) is 11.8 Å². The topological polar surface area (TPSA) is 81.2 Å². The standard InChI is InChI=1S/C23H33N3O4S/c1-15(2)25-13-8-10-23-18(17-16(31-23)9-7-11-24(3)20(17)28)21(29)26(19(23)22(25)30)12-5-4-6-14-27/h7-10,15-19,27H,4-6,11-14H2,1-3H3/t16-,17+,18-,19?,23-/m0/s1. The lowest BCUT2D eigenvalue weighted by atomic mass is 9.78. The summed E-state index contributed by atoms with van der Waals surface area (Å²) in [4.78, 5) is 46.2. The van der Waals surface area contributed by atoms with Crippen molar-refractivity contribution >= 4 is 29.5 Å². The highest BCUT2D eigenvalue weighted by molar-refractivity contribution is 8.02. The largest absolute Gasteiger partial charge is 0.396 e. The van der Waals surface area contributed by atoms with Crippen molar-refractivity contribution < 1.29 is 19.5 Å². The van der Waals surface area contributed by atoms with Gasteiger partial charge in [0, 0.05) is 44.6 Å². The van der Waals surface area contributed by atoms with E-state index in [1.165, 1.54) is 0 Å². The van der Waals surface area contributed by atoms with E-state index >= 15 is 0 Å². The van der Waals surface area contributed by atoms with Crippen LogP contribution in [0.15, 0.2) is 24.3 Å². The molecule has 170 valence electrons. The Bertz CT molecular complexity index is 813. The lowest BCUT2D eigenvalue weighted by molar-refractivity contribution is -0.144. The van der Waals surface area contributed by atoms with E-state index in [1.54, 1.807) is 28.6 Å². The average molecular weight is 448 g/mol.